The number of oxazole rings is 1. The fourth-order valence-corrected chi connectivity index (χ4v) is 10.5. The van der Waals surface area contributed by atoms with Crippen molar-refractivity contribution in [3.63, 3.8) is 0 Å². The van der Waals surface area contributed by atoms with Crippen molar-refractivity contribution in [2.24, 2.45) is 4.99 Å². The molecular formula is C34H21Cl18N3O5S3. The zero-order valence-electron chi connectivity index (χ0n) is 30.4. The Hall–Kier alpha value is 1.61. The van der Waals surface area contributed by atoms with Crippen molar-refractivity contribution in [2.45, 2.75) is 41.2 Å². The Morgan fingerprint density at radius 1 is 0.778 bits per heavy atom. The summed E-state index contributed by atoms with van der Waals surface area (Å²) in [4.78, 5) is 16.0. The van der Waals surface area contributed by atoms with Gasteiger partial charge in [0.1, 0.15) is 17.1 Å². The molecule has 1 aliphatic heterocycles. The maximum Gasteiger partial charge on any atom is 0.430 e. The number of aliphatic hydroxyl groups is 1. The van der Waals surface area contributed by atoms with Crippen molar-refractivity contribution in [3.05, 3.63) is 117 Å². The third kappa shape index (κ3) is 18.1. The summed E-state index contributed by atoms with van der Waals surface area (Å²) in [6, 6.07) is 17.6. The van der Waals surface area contributed by atoms with Crippen LogP contribution in [0.2, 0.25) is 40.2 Å². The summed E-state index contributed by atoms with van der Waals surface area (Å²) in [6.07, 6.45) is -0.299. The molecule has 0 fully saturated rings. The summed E-state index contributed by atoms with van der Waals surface area (Å²) in [6.45, 7) is 1.96. The number of hydrogen-bond acceptors (Lipinski definition) is 9. The number of benzene rings is 4. The number of nitrogens with zero attached hydrogens (tertiary/aromatic N) is 3. The average Bonchev–Trinajstić information content (AvgIpc) is 3.68. The number of halogens is 18. The van der Waals surface area contributed by atoms with Crippen molar-refractivity contribution >= 4 is 271 Å². The monoisotopic (exact) mass is 1280 g/mol. The van der Waals surface area contributed by atoms with Gasteiger partial charge in [-0.05, 0) is 42.8 Å². The van der Waals surface area contributed by atoms with Crippen LogP contribution in [0.4, 0.5) is 11.4 Å². The van der Waals surface area contributed by atoms with Crippen molar-refractivity contribution < 1.29 is 18.5 Å². The van der Waals surface area contributed by atoms with E-state index in [9.17, 15) is 14.1 Å². The van der Waals surface area contributed by atoms with E-state index in [1.165, 1.54) is 3.97 Å². The summed E-state index contributed by atoms with van der Waals surface area (Å²) < 4.78 is 19.8. The summed E-state index contributed by atoms with van der Waals surface area (Å²) in [5.74, 6) is -0.203. The maximum absolute atomic E-state index is 11.7. The van der Waals surface area contributed by atoms with Crippen LogP contribution in [0.5, 0.6) is 0 Å². The van der Waals surface area contributed by atoms with Gasteiger partial charge in [-0.15, -0.1) is 0 Å². The van der Waals surface area contributed by atoms with Gasteiger partial charge in [-0.1, -0.05) is 240 Å². The Labute approximate surface area is 461 Å². The molecule has 2 heterocycles. The van der Waals surface area contributed by atoms with Gasteiger partial charge in [-0.2, -0.15) is 0 Å². The lowest BCUT2D eigenvalue weighted by Crippen LogP contribution is -2.16. The Morgan fingerprint density at radius 2 is 1.30 bits per heavy atom. The number of hydrogen-bond donors (Lipinski definition) is 1. The maximum atomic E-state index is 11.7. The van der Waals surface area contributed by atoms with E-state index in [2.05, 4.69) is 4.99 Å². The van der Waals surface area contributed by atoms with Crippen molar-refractivity contribution in [1.29, 1.82) is 0 Å². The molecule has 1 aliphatic rings. The smallest absolute Gasteiger partial charge is 0.407 e. The molecular weight excluding hydrogens is 1260 g/mol. The molecule has 2 unspecified atom stereocenters. The van der Waals surface area contributed by atoms with Crippen molar-refractivity contribution in [3.8, 4) is 0 Å². The minimum Gasteiger partial charge on any atom is -0.407 e. The first-order valence-corrected chi connectivity index (χ1v) is 25.9. The molecule has 0 saturated carbocycles. The third-order valence-corrected chi connectivity index (χ3v) is 15.9. The van der Waals surface area contributed by atoms with Crippen molar-refractivity contribution in [1.82, 2.24) is 3.97 Å². The molecule has 5 aromatic rings. The molecule has 6 rings (SSSR count). The van der Waals surface area contributed by atoms with Crippen LogP contribution in [0.3, 0.4) is 0 Å². The standard InChI is InChI=1S/C10H11Cl3O2.C8Cl9N.C8H4Cl3NO2S.C8H6Cl3NOS2/c1-2-9(14)15-5-6-7(11)3-4-8(12)10(6)13;9-1-2(10)4(12)6(5(13)3(1)11)18-7(14)8(15,16)17;9-8(10,11)15-12-5-3-1-2-4-6(5)14-7(12)13;9-8(10,11)14-12-5-15(13)7-4-2-1-3-6(7)12/h3-4,9,14H,2,5H2,1H3;;1-4H;1-4H,5H2. The highest BCUT2D eigenvalue weighted by Gasteiger charge is 2.33. The molecule has 0 bridgehead atoms. The van der Waals surface area contributed by atoms with E-state index in [0.29, 0.717) is 44.0 Å². The predicted octanol–water partition coefficient (Wildman–Crippen LogP) is 18.5. The first kappa shape index (κ1) is 58.9. The van der Waals surface area contributed by atoms with Crippen LogP contribution >= 0.6 is 233 Å². The van der Waals surface area contributed by atoms with Gasteiger partial charge in [-0.25, -0.2) is 13.8 Å². The second-order valence-corrected chi connectivity index (χ2v) is 26.8. The Bertz CT molecular complexity index is 2460. The van der Waals surface area contributed by atoms with E-state index in [-0.39, 0.29) is 42.6 Å². The largest absolute Gasteiger partial charge is 0.430 e. The van der Waals surface area contributed by atoms with Gasteiger partial charge in [0.05, 0.1) is 63.1 Å². The van der Waals surface area contributed by atoms with Gasteiger partial charge >= 0.3 is 5.76 Å². The van der Waals surface area contributed by atoms with Crippen LogP contribution in [-0.2, 0) is 22.1 Å². The minimum atomic E-state index is -1.92. The van der Waals surface area contributed by atoms with Gasteiger partial charge in [0.15, 0.2) is 17.0 Å². The summed E-state index contributed by atoms with van der Waals surface area (Å²) >= 11 is 105. The summed E-state index contributed by atoms with van der Waals surface area (Å²) in [5, 5.41) is 9.97. The Morgan fingerprint density at radius 3 is 1.86 bits per heavy atom. The molecule has 0 aliphatic carbocycles. The lowest BCUT2D eigenvalue weighted by Gasteiger charge is -2.20. The second kappa shape index (κ2) is 26.2. The fraction of sp³-hybridized carbons (Fsp3) is 0.235. The number of alkyl halides is 9. The highest BCUT2D eigenvalue weighted by molar-refractivity contribution is 8.06. The highest BCUT2D eigenvalue weighted by Crippen LogP contribution is 2.50. The SMILES string of the molecule is CCC(O)OCc1c(Cl)ccc(Cl)c1Cl.ClC(=Nc1c(Cl)c(Cl)c(Cl)c(Cl)c1Cl)C(Cl)(Cl)Cl.O=S1CN(SC(Cl)(Cl)Cl)c2ccccc21.O=c1oc2ccccc2n1SC(Cl)(Cl)Cl. The Kier molecular flexibility index (Phi) is 24.5. The number of fused-ring (bicyclic) bond motifs is 2. The van der Waals surface area contributed by atoms with Crippen LogP contribution in [-0.4, -0.2) is 40.7 Å². The molecule has 0 saturated heterocycles. The van der Waals surface area contributed by atoms with Crippen LogP contribution in [0.1, 0.15) is 18.9 Å². The van der Waals surface area contributed by atoms with Gasteiger partial charge in [0, 0.05) is 34.5 Å². The topological polar surface area (TPSA) is 97.3 Å². The number of ether oxygens (including phenoxy) is 1. The van der Waals surface area contributed by atoms with Gasteiger partial charge in [0.25, 0.3) is 6.25 Å². The quantitative estimate of drug-likeness (QED) is 0.0430. The molecule has 2 atom stereocenters. The highest BCUT2D eigenvalue weighted by atomic mass is 35.6. The predicted molar refractivity (Wildman–Crippen MR) is 279 cm³/mol. The number of aliphatic imine (C=N–C) groups is 1. The zero-order valence-corrected chi connectivity index (χ0v) is 46.5. The number of aliphatic hydroxyl groups excluding tert-OH is 1. The molecule has 1 aromatic heterocycles. The van der Waals surface area contributed by atoms with Gasteiger partial charge in [-0.3, -0.25) is 8.51 Å². The lowest BCUT2D eigenvalue weighted by atomic mass is 10.2. The van der Waals surface area contributed by atoms with E-state index < -0.39 is 32.9 Å². The summed E-state index contributed by atoms with van der Waals surface area (Å²) in [5.41, 5.74) is 2.46. The molecule has 1 N–H and O–H groups in total. The van der Waals surface area contributed by atoms with Crippen molar-refractivity contribution in [2.75, 3.05) is 10.2 Å². The third-order valence-electron chi connectivity index (χ3n) is 7.01. The first-order valence-electron chi connectivity index (χ1n) is 16.2. The summed E-state index contributed by atoms with van der Waals surface area (Å²) in [7, 11) is -1.03. The van der Waals surface area contributed by atoms with Gasteiger partial charge < -0.3 is 14.3 Å². The van der Waals surface area contributed by atoms with E-state index in [1.54, 1.807) is 40.7 Å². The molecule has 63 heavy (non-hydrogen) atoms. The average molecular weight is 1290 g/mol. The molecule has 4 aromatic carbocycles. The van der Waals surface area contributed by atoms with E-state index in [4.69, 9.17) is 218 Å². The molecule has 29 heteroatoms. The fourth-order valence-electron chi connectivity index (χ4n) is 4.29. The van der Waals surface area contributed by atoms with E-state index in [1.807, 2.05) is 31.2 Å². The number of rotatable bonds is 7. The number of aromatic nitrogens is 1. The minimum absolute atomic E-state index is 0.00251. The zero-order chi connectivity index (χ0) is 47.8. The van der Waals surface area contributed by atoms with E-state index in [0.717, 1.165) is 34.5 Å². The molecule has 0 radical (unpaired) electrons. The molecule has 0 spiro atoms. The molecule has 346 valence electrons. The van der Waals surface area contributed by atoms with Crippen LogP contribution in [0, 0.1) is 0 Å². The normalized spacial score (nSPS) is 14.6. The second-order valence-electron chi connectivity index (χ2n) is 11.3. The van der Waals surface area contributed by atoms with E-state index >= 15 is 0 Å². The lowest BCUT2D eigenvalue weighted by molar-refractivity contribution is -0.109. The Balaban J connectivity index is 0.000000224. The molecule has 0 amide bonds. The van der Waals surface area contributed by atoms with Crippen LogP contribution in [0.15, 0.2) is 79.8 Å². The van der Waals surface area contributed by atoms with Crippen LogP contribution < -0.4 is 10.1 Å². The first-order chi connectivity index (χ1) is 29.1. The number of anilines is 1. The molecule has 8 nitrogen and oxygen atoms in total. The number of para-hydroxylation sites is 3. The van der Waals surface area contributed by atoms with Crippen LogP contribution in [0.25, 0.3) is 11.1 Å². The van der Waals surface area contributed by atoms with Gasteiger partial charge in [0.2, 0.25) is 3.79 Å².